The summed E-state index contributed by atoms with van der Waals surface area (Å²) in [6.45, 7) is 1.82. The van der Waals surface area contributed by atoms with Gasteiger partial charge in [-0.25, -0.2) is 4.79 Å². The smallest absolute Gasteiger partial charge is 0.328 e. The number of ketones is 1. The Bertz CT molecular complexity index is 406. The summed E-state index contributed by atoms with van der Waals surface area (Å²) in [6.07, 6.45) is 1.90. The lowest BCUT2D eigenvalue weighted by atomic mass is 10.1. The average molecular weight is 275 g/mol. The van der Waals surface area contributed by atoms with Crippen LogP contribution in [0.3, 0.4) is 0 Å². The number of rotatable bonds is 3. The van der Waals surface area contributed by atoms with E-state index in [-0.39, 0.29) is 5.78 Å². The van der Waals surface area contributed by atoms with Gasteiger partial charge in [0.25, 0.3) is 0 Å². The normalized spacial score (nSPS) is 10.7. The molecule has 1 aromatic rings. The van der Waals surface area contributed by atoms with E-state index in [2.05, 4.69) is 15.9 Å². The largest absolute Gasteiger partial charge is 0.478 e. The molecule has 0 saturated heterocycles. The molecular weight excluding hydrogens is 268 g/mol. The third-order valence-corrected chi connectivity index (χ3v) is 3.08. The van der Waals surface area contributed by atoms with Crippen LogP contribution in [0.15, 0.2) is 22.0 Å². The average Bonchev–Trinajstić information content (AvgIpc) is 2.41. The van der Waals surface area contributed by atoms with Gasteiger partial charge in [-0.2, -0.15) is 0 Å². The number of carbonyl (C=O) groups excluding carboxylic acids is 1. The van der Waals surface area contributed by atoms with Crippen molar-refractivity contribution in [1.82, 2.24) is 0 Å². The summed E-state index contributed by atoms with van der Waals surface area (Å²) in [4.78, 5) is 22.5. The van der Waals surface area contributed by atoms with Crippen molar-refractivity contribution in [3.05, 3.63) is 32.4 Å². The summed E-state index contributed by atoms with van der Waals surface area (Å²) >= 11 is 4.70. The minimum absolute atomic E-state index is 0.285. The molecule has 0 bridgehead atoms. The van der Waals surface area contributed by atoms with Crippen molar-refractivity contribution in [2.24, 2.45) is 0 Å². The minimum atomic E-state index is -1.12. The van der Waals surface area contributed by atoms with E-state index in [0.717, 1.165) is 20.8 Å². The van der Waals surface area contributed by atoms with E-state index in [9.17, 15) is 9.59 Å². The molecule has 1 heterocycles. The van der Waals surface area contributed by atoms with Crippen LogP contribution in [-0.4, -0.2) is 16.9 Å². The Morgan fingerprint density at radius 1 is 1.50 bits per heavy atom. The van der Waals surface area contributed by atoms with E-state index in [0.29, 0.717) is 5.56 Å². The predicted octanol–water partition coefficient (Wildman–Crippen LogP) is 2.64. The minimum Gasteiger partial charge on any atom is -0.478 e. The monoisotopic (exact) mass is 274 g/mol. The zero-order valence-corrected chi connectivity index (χ0v) is 9.68. The molecule has 1 aromatic heterocycles. The van der Waals surface area contributed by atoms with Crippen molar-refractivity contribution in [3.63, 3.8) is 0 Å². The number of aryl methyl sites for hydroxylation is 1. The fraction of sp³-hybridized carbons (Fsp3) is 0.111. The molecule has 74 valence electrons. The Hall–Kier alpha value is -0.940. The number of allylic oxidation sites excluding steroid dienone is 1. The van der Waals surface area contributed by atoms with Gasteiger partial charge in [0, 0.05) is 16.5 Å². The van der Waals surface area contributed by atoms with Crippen LogP contribution in [0.25, 0.3) is 0 Å². The molecule has 0 spiro atoms. The number of carboxylic acids is 1. The number of aliphatic carboxylic acids is 1. The first-order valence-electron chi connectivity index (χ1n) is 3.72. The highest BCUT2D eigenvalue weighted by Gasteiger charge is 2.09. The summed E-state index contributed by atoms with van der Waals surface area (Å²) in [7, 11) is 0. The zero-order valence-electron chi connectivity index (χ0n) is 7.28. The van der Waals surface area contributed by atoms with Crippen LogP contribution in [0.1, 0.15) is 15.2 Å². The van der Waals surface area contributed by atoms with Crippen LogP contribution in [0, 0.1) is 6.92 Å². The zero-order chi connectivity index (χ0) is 10.7. The molecule has 0 fully saturated rings. The predicted molar refractivity (Wildman–Crippen MR) is 57.9 cm³/mol. The number of hydrogen-bond donors (Lipinski definition) is 1. The Morgan fingerprint density at radius 2 is 2.14 bits per heavy atom. The van der Waals surface area contributed by atoms with Crippen molar-refractivity contribution < 1.29 is 14.7 Å². The Balaban J connectivity index is 2.90. The molecule has 14 heavy (non-hydrogen) atoms. The molecule has 0 aliphatic rings. The highest BCUT2D eigenvalue weighted by molar-refractivity contribution is 9.11. The van der Waals surface area contributed by atoms with Gasteiger partial charge in [-0.1, -0.05) is 0 Å². The van der Waals surface area contributed by atoms with Crippen LogP contribution in [0.5, 0.6) is 0 Å². The van der Waals surface area contributed by atoms with Gasteiger partial charge in [-0.15, -0.1) is 11.3 Å². The Labute approximate surface area is 93.2 Å². The van der Waals surface area contributed by atoms with Gasteiger partial charge in [0.05, 0.1) is 3.79 Å². The molecule has 1 rings (SSSR count). The fourth-order valence-electron chi connectivity index (χ4n) is 0.927. The molecule has 0 radical (unpaired) electrons. The molecule has 0 atom stereocenters. The van der Waals surface area contributed by atoms with E-state index in [1.165, 1.54) is 11.3 Å². The second-order valence-electron chi connectivity index (χ2n) is 2.56. The lowest BCUT2D eigenvalue weighted by Gasteiger charge is -1.90. The van der Waals surface area contributed by atoms with Crippen LogP contribution in [0.4, 0.5) is 0 Å². The van der Waals surface area contributed by atoms with Crippen molar-refractivity contribution in [1.29, 1.82) is 0 Å². The van der Waals surface area contributed by atoms with Gasteiger partial charge in [0.15, 0.2) is 5.78 Å². The molecular formula is C9H7BrO3S. The van der Waals surface area contributed by atoms with Crippen molar-refractivity contribution in [2.75, 3.05) is 0 Å². The molecule has 5 heteroatoms. The van der Waals surface area contributed by atoms with Crippen molar-refractivity contribution in [3.8, 4) is 0 Å². The van der Waals surface area contributed by atoms with E-state index in [4.69, 9.17) is 5.11 Å². The fourth-order valence-corrected chi connectivity index (χ4v) is 2.62. The van der Waals surface area contributed by atoms with Crippen LogP contribution >= 0.6 is 27.3 Å². The lowest BCUT2D eigenvalue weighted by molar-refractivity contribution is -0.131. The topological polar surface area (TPSA) is 54.4 Å². The summed E-state index contributed by atoms with van der Waals surface area (Å²) in [5.41, 5.74) is 0.541. The second kappa shape index (κ2) is 4.52. The van der Waals surface area contributed by atoms with Gasteiger partial charge in [0.2, 0.25) is 0 Å². The van der Waals surface area contributed by atoms with Gasteiger partial charge in [0.1, 0.15) is 0 Å². The van der Waals surface area contributed by atoms with Crippen LogP contribution < -0.4 is 0 Å². The number of hydrogen-bond acceptors (Lipinski definition) is 3. The van der Waals surface area contributed by atoms with Crippen molar-refractivity contribution >= 4 is 39.0 Å². The highest BCUT2D eigenvalue weighted by Crippen LogP contribution is 2.26. The lowest BCUT2D eigenvalue weighted by Crippen LogP contribution is -1.96. The van der Waals surface area contributed by atoms with Gasteiger partial charge in [-0.05, 0) is 35.0 Å². The van der Waals surface area contributed by atoms with Crippen molar-refractivity contribution in [2.45, 2.75) is 6.92 Å². The number of thiophene rings is 1. The molecule has 0 aliphatic heterocycles. The molecule has 1 N–H and O–H groups in total. The maximum atomic E-state index is 11.4. The van der Waals surface area contributed by atoms with E-state index >= 15 is 0 Å². The van der Waals surface area contributed by atoms with Gasteiger partial charge >= 0.3 is 5.97 Å². The quantitative estimate of drug-likeness (QED) is 0.681. The summed E-state index contributed by atoms with van der Waals surface area (Å²) < 4.78 is 0.863. The molecule has 0 aliphatic carbocycles. The second-order valence-corrected chi connectivity index (χ2v) is 5.19. The Morgan fingerprint density at radius 3 is 2.57 bits per heavy atom. The van der Waals surface area contributed by atoms with E-state index in [1.807, 2.05) is 6.92 Å². The maximum absolute atomic E-state index is 11.4. The molecule has 3 nitrogen and oxygen atoms in total. The van der Waals surface area contributed by atoms with Crippen LogP contribution in [-0.2, 0) is 4.79 Å². The van der Waals surface area contributed by atoms with E-state index in [1.54, 1.807) is 6.07 Å². The van der Waals surface area contributed by atoms with E-state index < -0.39 is 5.97 Å². The summed E-state index contributed by atoms with van der Waals surface area (Å²) in [5.74, 6) is -1.41. The third-order valence-electron chi connectivity index (χ3n) is 1.53. The molecule has 0 saturated carbocycles. The first kappa shape index (κ1) is 11.1. The number of carbonyl (C=O) groups is 2. The first-order valence-corrected chi connectivity index (χ1v) is 5.33. The highest BCUT2D eigenvalue weighted by atomic mass is 79.9. The standard InChI is InChI=1S/C9H7BrO3S/c1-5-6(4-8(10)14-5)7(11)2-3-9(12)13/h2-4H,1H3,(H,12,13)/b3-2+. The SMILES string of the molecule is Cc1sc(Br)cc1C(=O)/C=C/C(=O)O. The molecule has 0 amide bonds. The first-order chi connectivity index (χ1) is 6.50. The Kier molecular flexibility index (Phi) is 3.60. The number of carboxylic acid groups (broad SMARTS) is 1. The number of halogens is 1. The molecule has 0 unspecified atom stereocenters. The van der Waals surface area contributed by atoms with Crippen LogP contribution in [0.2, 0.25) is 0 Å². The van der Waals surface area contributed by atoms with Gasteiger partial charge in [-0.3, -0.25) is 4.79 Å². The summed E-state index contributed by atoms with van der Waals surface area (Å²) in [5, 5.41) is 8.34. The molecule has 0 aromatic carbocycles. The maximum Gasteiger partial charge on any atom is 0.328 e. The summed E-state index contributed by atoms with van der Waals surface area (Å²) in [6, 6.07) is 1.69. The van der Waals surface area contributed by atoms with Gasteiger partial charge < -0.3 is 5.11 Å². The third kappa shape index (κ3) is 2.78.